The van der Waals surface area contributed by atoms with Crippen LogP contribution in [0.15, 0.2) is 17.6 Å². The molecule has 1 unspecified atom stereocenters. The largest absolute Gasteiger partial charge is 0.382 e. The average Bonchev–Trinajstić information content (AvgIpc) is 2.73. The molecule has 0 radical (unpaired) electrons. The maximum absolute atomic E-state index is 9.97. The summed E-state index contributed by atoms with van der Waals surface area (Å²) in [7, 11) is 0. The fourth-order valence-corrected chi connectivity index (χ4v) is 3.15. The lowest BCUT2D eigenvalue weighted by Crippen LogP contribution is -1.93. The molecule has 2 heterocycles. The highest BCUT2D eigenvalue weighted by atomic mass is 35.5. The first-order valence-corrected chi connectivity index (χ1v) is 6.09. The Morgan fingerprint density at radius 1 is 1.57 bits per heavy atom. The van der Waals surface area contributed by atoms with E-state index in [0.717, 1.165) is 14.8 Å². The lowest BCUT2D eigenvalue weighted by molar-refractivity contribution is 0.228. The minimum absolute atomic E-state index is 0.619. The van der Waals surface area contributed by atoms with E-state index in [0.29, 0.717) is 5.02 Å². The Balaban J connectivity index is 2.33. The number of hydrogen-bond donors (Lipinski definition) is 1. The molecule has 0 aliphatic heterocycles. The van der Waals surface area contributed by atoms with Gasteiger partial charge in [0.05, 0.1) is 19.8 Å². The van der Waals surface area contributed by atoms with Crippen molar-refractivity contribution in [2.45, 2.75) is 13.0 Å². The molecule has 0 bridgehead atoms. The summed E-state index contributed by atoms with van der Waals surface area (Å²) in [6.07, 6.45) is 1.06. The summed E-state index contributed by atoms with van der Waals surface area (Å²) in [5.74, 6) is 0. The first-order valence-electron chi connectivity index (χ1n) is 4.02. The van der Waals surface area contributed by atoms with E-state index in [2.05, 4.69) is 4.98 Å². The second-order valence-electron chi connectivity index (χ2n) is 2.82. The van der Waals surface area contributed by atoms with E-state index in [1.165, 1.54) is 22.7 Å². The number of aliphatic hydroxyl groups excluding tert-OH is 1. The number of aryl methyl sites for hydroxylation is 1. The van der Waals surface area contributed by atoms with Gasteiger partial charge < -0.3 is 5.11 Å². The Hall–Kier alpha value is -0.420. The Morgan fingerprint density at radius 2 is 2.36 bits per heavy atom. The number of aromatic nitrogens is 1. The van der Waals surface area contributed by atoms with Crippen LogP contribution in [0.25, 0.3) is 0 Å². The zero-order valence-corrected chi connectivity index (χ0v) is 9.79. The second-order valence-corrected chi connectivity index (χ2v) is 5.44. The fourth-order valence-electron chi connectivity index (χ4n) is 1.13. The van der Waals surface area contributed by atoms with Gasteiger partial charge >= 0.3 is 0 Å². The normalized spacial score (nSPS) is 13.1. The quantitative estimate of drug-likeness (QED) is 0.881. The molecule has 2 rings (SSSR count). The van der Waals surface area contributed by atoms with Crippen molar-refractivity contribution in [3.63, 3.8) is 0 Å². The smallest absolute Gasteiger partial charge is 0.125 e. The zero-order valence-electron chi connectivity index (χ0n) is 7.40. The molecule has 74 valence electrons. The number of aliphatic hydroxyl groups is 1. The van der Waals surface area contributed by atoms with Gasteiger partial charge in [0, 0.05) is 6.20 Å². The fraction of sp³-hybridized carbons (Fsp3) is 0.222. The van der Waals surface area contributed by atoms with Crippen LogP contribution in [0.3, 0.4) is 0 Å². The lowest BCUT2D eigenvalue weighted by atomic mass is 10.2. The molecule has 0 aliphatic rings. The van der Waals surface area contributed by atoms with Crippen molar-refractivity contribution in [3.8, 4) is 0 Å². The summed E-state index contributed by atoms with van der Waals surface area (Å²) in [4.78, 5) is 5.72. The molecule has 5 heteroatoms. The van der Waals surface area contributed by atoms with Crippen molar-refractivity contribution in [2.24, 2.45) is 0 Å². The van der Waals surface area contributed by atoms with E-state index in [4.69, 9.17) is 11.6 Å². The maximum atomic E-state index is 9.97. The van der Waals surface area contributed by atoms with Crippen LogP contribution >= 0.6 is 34.3 Å². The standard InChI is InChI=1S/C9H8ClNOS2/c1-5-11-4-7(14-5)8(12)9-6(10)2-3-13-9/h2-4,8,12H,1H3. The highest BCUT2D eigenvalue weighted by molar-refractivity contribution is 7.12. The highest BCUT2D eigenvalue weighted by Crippen LogP contribution is 2.34. The van der Waals surface area contributed by atoms with Crippen LogP contribution < -0.4 is 0 Å². The number of halogens is 1. The second kappa shape index (κ2) is 3.98. The molecule has 1 N–H and O–H groups in total. The summed E-state index contributed by atoms with van der Waals surface area (Å²) in [6, 6.07) is 1.79. The molecule has 0 spiro atoms. The van der Waals surface area contributed by atoms with Crippen molar-refractivity contribution in [3.05, 3.63) is 37.4 Å². The van der Waals surface area contributed by atoms with Crippen LogP contribution in [0.5, 0.6) is 0 Å². The average molecular weight is 246 g/mol. The molecule has 0 saturated heterocycles. The summed E-state index contributed by atoms with van der Waals surface area (Å²) in [5, 5.41) is 13.4. The molecule has 1 atom stereocenters. The third-order valence-electron chi connectivity index (χ3n) is 1.80. The van der Waals surface area contributed by atoms with E-state index < -0.39 is 6.10 Å². The third kappa shape index (κ3) is 1.83. The third-order valence-corrected chi connectivity index (χ3v) is 4.18. The zero-order chi connectivity index (χ0) is 10.1. The van der Waals surface area contributed by atoms with E-state index in [1.54, 1.807) is 12.3 Å². The monoisotopic (exact) mass is 245 g/mol. The maximum Gasteiger partial charge on any atom is 0.125 e. The predicted molar refractivity (Wildman–Crippen MR) is 60.2 cm³/mol. The lowest BCUT2D eigenvalue weighted by Gasteiger charge is -2.05. The number of hydrogen-bond acceptors (Lipinski definition) is 4. The Labute approximate surface area is 94.8 Å². The minimum Gasteiger partial charge on any atom is -0.382 e. The molecule has 14 heavy (non-hydrogen) atoms. The highest BCUT2D eigenvalue weighted by Gasteiger charge is 2.17. The van der Waals surface area contributed by atoms with Crippen LogP contribution in [0.4, 0.5) is 0 Å². The number of thiazole rings is 1. The van der Waals surface area contributed by atoms with Crippen LogP contribution in [-0.2, 0) is 0 Å². The van der Waals surface area contributed by atoms with Crippen molar-refractivity contribution < 1.29 is 5.11 Å². The molecule has 0 aliphatic carbocycles. The minimum atomic E-state index is -0.631. The van der Waals surface area contributed by atoms with Gasteiger partial charge in [-0.25, -0.2) is 4.98 Å². The molecule has 0 amide bonds. The molecule has 2 aromatic heterocycles. The SMILES string of the molecule is Cc1ncc(C(O)c2sccc2Cl)s1. The van der Waals surface area contributed by atoms with Crippen LogP contribution in [0.2, 0.25) is 5.02 Å². The van der Waals surface area contributed by atoms with E-state index in [9.17, 15) is 5.11 Å². The summed E-state index contributed by atoms with van der Waals surface area (Å²) >= 11 is 8.87. The van der Waals surface area contributed by atoms with Gasteiger partial charge in [-0.05, 0) is 18.4 Å². The van der Waals surface area contributed by atoms with Crippen molar-refractivity contribution >= 4 is 34.3 Å². The Kier molecular flexibility index (Phi) is 2.88. The van der Waals surface area contributed by atoms with Gasteiger partial charge in [-0.2, -0.15) is 0 Å². The molecule has 2 nitrogen and oxygen atoms in total. The van der Waals surface area contributed by atoms with E-state index >= 15 is 0 Å². The first-order chi connectivity index (χ1) is 6.68. The molecule has 0 aromatic carbocycles. The Morgan fingerprint density at radius 3 is 2.86 bits per heavy atom. The summed E-state index contributed by atoms with van der Waals surface area (Å²) in [5.41, 5.74) is 0. The molecular weight excluding hydrogens is 238 g/mol. The summed E-state index contributed by atoms with van der Waals surface area (Å²) < 4.78 is 0. The topological polar surface area (TPSA) is 33.1 Å². The van der Waals surface area contributed by atoms with Gasteiger partial charge in [-0.3, -0.25) is 0 Å². The van der Waals surface area contributed by atoms with E-state index in [1.807, 2.05) is 12.3 Å². The van der Waals surface area contributed by atoms with Gasteiger partial charge in [-0.15, -0.1) is 22.7 Å². The van der Waals surface area contributed by atoms with Crippen LogP contribution in [-0.4, -0.2) is 10.1 Å². The summed E-state index contributed by atoms with van der Waals surface area (Å²) in [6.45, 7) is 1.91. The predicted octanol–water partition coefficient (Wildman–Crippen LogP) is 3.25. The van der Waals surface area contributed by atoms with Crippen molar-refractivity contribution in [1.82, 2.24) is 4.98 Å². The van der Waals surface area contributed by atoms with Crippen LogP contribution in [0, 0.1) is 6.92 Å². The molecule has 0 fully saturated rings. The van der Waals surface area contributed by atoms with Gasteiger partial charge in [0.2, 0.25) is 0 Å². The molecular formula is C9H8ClNOS2. The van der Waals surface area contributed by atoms with Crippen molar-refractivity contribution in [1.29, 1.82) is 0 Å². The van der Waals surface area contributed by atoms with E-state index in [-0.39, 0.29) is 0 Å². The van der Waals surface area contributed by atoms with Crippen LogP contribution in [0.1, 0.15) is 20.9 Å². The van der Waals surface area contributed by atoms with Gasteiger partial charge in [0.25, 0.3) is 0 Å². The molecule has 0 saturated carbocycles. The number of rotatable bonds is 2. The van der Waals surface area contributed by atoms with Gasteiger partial charge in [-0.1, -0.05) is 11.6 Å². The van der Waals surface area contributed by atoms with Crippen molar-refractivity contribution in [2.75, 3.05) is 0 Å². The van der Waals surface area contributed by atoms with Gasteiger partial charge in [0.15, 0.2) is 0 Å². The number of nitrogens with zero attached hydrogens (tertiary/aromatic N) is 1. The Bertz CT molecular complexity index is 437. The van der Waals surface area contributed by atoms with Gasteiger partial charge in [0.1, 0.15) is 6.10 Å². The first kappa shape index (κ1) is 10.1. The molecule has 2 aromatic rings. The number of thiophene rings is 1.